The number of hydrogen-bond acceptors (Lipinski definition) is 3. The van der Waals surface area contributed by atoms with Crippen molar-refractivity contribution in [2.45, 2.75) is 37.1 Å². The van der Waals surface area contributed by atoms with Gasteiger partial charge < -0.3 is 10.4 Å². The quantitative estimate of drug-likeness (QED) is 0.795. The summed E-state index contributed by atoms with van der Waals surface area (Å²) < 4.78 is 0. The number of halogens is 1. The summed E-state index contributed by atoms with van der Waals surface area (Å²) in [6, 6.07) is 3.12. The van der Waals surface area contributed by atoms with Crippen molar-refractivity contribution in [2.75, 3.05) is 0 Å². The average Bonchev–Trinajstić information content (AvgIpc) is 2.29. The molecule has 0 spiro atoms. The number of alkyl halides is 1. The van der Waals surface area contributed by atoms with Crippen LogP contribution in [-0.4, -0.2) is 27.4 Å². The first-order chi connectivity index (χ1) is 8.16. The number of nitrogens with one attached hydrogen (secondary N) is 1. The van der Waals surface area contributed by atoms with Crippen LogP contribution in [0.5, 0.6) is 5.75 Å². The molecule has 1 saturated carbocycles. The van der Waals surface area contributed by atoms with Gasteiger partial charge in [-0.05, 0) is 37.8 Å². The Balaban J connectivity index is 1.99. The maximum Gasteiger partial charge on any atom is 0.273 e. The normalized spacial score (nSPS) is 24.3. The smallest absolute Gasteiger partial charge is 0.273 e. The molecule has 92 valence electrons. The molecule has 1 amide bonds. The van der Waals surface area contributed by atoms with E-state index in [0.717, 1.165) is 25.7 Å². The van der Waals surface area contributed by atoms with E-state index in [4.69, 9.17) is 11.6 Å². The van der Waals surface area contributed by atoms with Gasteiger partial charge in [0.1, 0.15) is 5.75 Å². The maximum absolute atomic E-state index is 11.9. The van der Waals surface area contributed by atoms with Gasteiger partial charge in [0.25, 0.3) is 5.91 Å². The highest BCUT2D eigenvalue weighted by Gasteiger charge is 2.23. The lowest BCUT2D eigenvalue weighted by Crippen LogP contribution is -2.39. The molecule has 2 unspecified atom stereocenters. The summed E-state index contributed by atoms with van der Waals surface area (Å²) in [6.45, 7) is 0. The predicted molar refractivity (Wildman–Crippen MR) is 65.3 cm³/mol. The van der Waals surface area contributed by atoms with Crippen LogP contribution in [0, 0.1) is 0 Å². The Hall–Kier alpha value is -1.29. The highest BCUT2D eigenvalue weighted by Crippen LogP contribution is 2.23. The third kappa shape index (κ3) is 3.09. The second-order valence-electron chi connectivity index (χ2n) is 4.31. The molecule has 0 aromatic carbocycles. The molecule has 2 rings (SSSR count). The van der Waals surface area contributed by atoms with Crippen LogP contribution in [0.15, 0.2) is 18.3 Å². The molecule has 1 aliphatic carbocycles. The van der Waals surface area contributed by atoms with Crippen LogP contribution in [0.4, 0.5) is 0 Å². The number of nitrogens with zero attached hydrogens (tertiary/aromatic N) is 1. The zero-order chi connectivity index (χ0) is 12.3. The van der Waals surface area contributed by atoms with Crippen LogP contribution in [0.2, 0.25) is 0 Å². The number of carbonyl (C=O) groups is 1. The monoisotopic (exact) mass is 254 g/mol. The number of hydrogen-bond donors (Lipinski definition) is 2. The van der Waals surface area contributed by atoms with Gasteiger partial charge in [-0.25, -0.2) is 4.98 Å². The molecule has 1 aromatic heterocycles. The van der Waals surface area contributed by atoms with E-state index in [0.29, 0.717) is 0 Å². The molecule has 0 aliphatic heterocycles. The molecule has 1 aromatic rings. The molecule has 0 bridgehead atoms. The largest absolute Gasteiger partial charge is 0.505 e. The number of aromatic nitrogens is 1. The molecule has 1 heterocycles. The number of aromatic hydroxyl groups is 1. The highest BCUT2D eigenvalue weighted by atomic mass is 35.5. The minimum absolute atomic E-state index is 0.0733. The molecule has 2 N–H and O–H groups in total. The van der Waals surface area contributed by atoms with E-state index in [9.17, 15) is 9.90 Å². The van der Waals surface area contributed by atoms with Gasteiger partial charge in [0.2, 0.25) is 0 Å². The Morgan fingerprint density at radius 1 is 1.53 bits per heavy atom. The van der Waals surface area contributed by atoms with E-state index in [1.165, 1.54) is 12.3 Å². The Bertz CT molecular complexity index is 411. The fourth-order valence-corrected chi connectivity index (χ4v) is 2.46. The zero-order valence-electron chi connectivity index (χ0n) is 9.40. The molecular weight excluding hydrogens is 240 g/mol. The topological polar surface area (TPSA) is 62.2 Å². The van der Waals surface area contributed by atoms with Gasteiger partial charge in [0.05, 0.1) is 0 Å². The first kappa shape index (κ1) is 12.2. The Kier molecular flexibility index (Phi) is 3.84. The van der Waals surface area contributed by atoms with Gasteiger partial charge >= 0.3 is 0 Å². The van der Waals surface area contributed by atoms with Gasteiger partial charge in [0.15, 0.2) is 5.69 Å². The molecule has 0 radical (unpaired) electrons. The summed E-state index contributed by atoms with van der Waals surface area (Å²) in [5.74, 6) is -0.429. The zero-order valence-corrected chi connectivity index (χ0v) is 10.2. The van der Waals surface area contributed by atoms with Gasteiger partial charge in [-0.1, -0.05) is 0 Å². The van der Waals surface area contributed by atoms with Crippen LogP contribution in [0.3, 0.4) is 0 Å². The number of pyridine rings is 1. The second kappa shape index (κ2) is 5.36. The fourth-order valence-electron chi connectivity index (χ4n) is 2.09. The van der Waals surface area contributed by atoms with Gasteiger partial charge in [-0.3, -0.25) is 4.79 Å². The van der Waals surface area contributed by atoms with Gasteiger partial charge in [0, 0.05) is 17.6 Å². The molecule has 4 nitrogen and oxygen atoms in total. The Labute approximate surface area is 105 Å². The third-order valence-electron chi connectivity index (χ3n) is 2.95. The molecule has 5 heteroatoms. The lowest BCUT2D eigenvalue weighted by Gasteiger charge is -2.26. The molecule has 2 atom stereocenters. The molecular formula is C12H15ClN2O2. The highest BCUT2D eigenvalue weighted by molar-refractivity contribution is 6.20. The molecule has 1 aliphatic rings. The van der Waals surface area contributed by atoms with Crippen molar-refractivity contribution in [1.82, 2.24) is 10.3 Å². The summed E-state index contributed by atoms with van der Waals surface area (Å²) in [5, 5.41) is 12.5. The van der Waals surface area contributed by atoms with E-state index < -0.39 is 0 Å². The number of carbonyl (C=O) groups excluding carboxylic acids is 1. The summed E-state index contributed by atoms with van der Waals surface area (Å²) >= 11 is 6.06. The minimum Gasteiger partial charge on any atom is -0.505 e. The first-order valence-corrected chi connectivity index (χ1v) is 6.19. The standard InChI is InChI=1S/C12H15ClN2O2/c13-8-3-1-4-9(7-8)15-12(17)11-10(16)5-2-6-14-11/h2,5-6,8-9,16H,1,3-4,7H2,(H,15,17). The van der Waals surface area contributed by atoms with Crippen molar-refractivity contribution in [2.24, 2.45) is 0 Å². The van der Waals surface area contributed by atoms with Crippen molar-refractivity contribution >= 4 is 17.5 Å². The molecule has 1 fully saturated rings. The van der Waals surface area contributed by atoms with E-state index in [2.05, 4.69) is 10.3 Å². The fraction of sp³-hybridized carbons (Fsp3) is 0.500. The van der Waals surface area contributed by atoms with Crippen LogP contribution in [-0.2, 0) is 0 Å². The van der Waals surface area contributed by atoms with Gasteiger partial charge in [-0.2, -0.15) is 0 Å². The van der Waals surface area contributed by atoms with Crippen molar-refractivity contribution in [3.05, 3.63) is 24.0 Å². The summed E-state index contributed by atoms with van der Waals surface area (Å²) in [5.41, 5.74) is 0.0733. The summed E-state index contributed by atoms with van der Waals surface area (Å²) in [4.78, 5) is 15.7. The van der Waals surface area contributed by atoms with Crippen molar-refractivity contribution in [3.63, 3.8) is 0 Å². The lowest BCUT2D eigenvalue weighted by atomic mass is 9.95. The van der Waals surface area contributed by atoms with Crippen LogP contribution in [0.25, 0.3) is 0 Å². The van der Waals surface area contributed by atoms with Crippen LogP contribution < -0.4 is 5.32 Å². The molecule has 0 saturated heterocycles. The summed E-state index contributed by atoms with van der Waals surface area (Å²) in [7, 11) is 0. The number of amides is 1. The predicted octanol–water partition coefficient (Wildman–Crippen LogP) is 2.07. The summed E-state index contributed by atoms with van der Waals surface area (Å²) in [6.07, 6.45) is 5.22. The Morgan fingerprint density at radius 2 is 2.35 bits per heavy atom. The van der Waals surface area contributed by atoms with Crippen molar-refractivity contribution in [3.8, 4) is 5.75 Å². The van der Waals surface area contributed by atoms with E-state index in [1.54, 1.807) is 6.07 Å². The van der Waals surface area contributed by atoms with E-state index >= 15 is 0 Å². The lowest BCUT2D eigenvalue weighted by molar-refractivity contribution is 0.0920. The minimum atomic E-state index is -0.334. The van der Waals surface area contributed by atoms with Crippen LogP contribution in [0.1, 0.15) is 36.2 Å². The SMILES string of the molecule is O=C(NC1CCCC(Cl)C1)c1ncccc1O. The average molecular weight is 255 g/mol. The maximum atomic E-state index is 11.9. The Morgan fingerprint density at radius 3 is 3.06 bits per heavy atom. The van der Waals surface area contributed by atoms with Crippen molar-refractivity contribution < 1.29 is 9.90 Å². The third-order valence-corrected chi connectivity index (χ3v) is 3.34. The van der Waals surface area contributed by atoms with Gasteiger partial charge in [-0.15, -0.1) is 11.6 Å². The van der Waals surface area contributed by atoms with Crippen LogP contribution >= 0.6 is 11.6 Å². The molecule has 17 heavy (non-hydrogen) atoms. The van der Waals surface area contributed by atoms with E-state index in [-0.39, 0.29) is 28.8 Å². The van der Waals surface area contributed by atoms with E-state index in [1.807, 2.05) is 0 Å². The first-order valence-electron chi connectivity index (χ1n) is 5.75. The van der Waals surface area contributed by atoms with Crippen molar-refractivity contribution in [1.29, 1.82) is 0 Å². The second-order valence-corrected chi connectivity index (χ2v) is 4.92. The number of rotatable bonds is 2.